The van der Waals surface area contributed by atoms with Crippen LogP contribution in [-0.2, 0) is 4.79 Å². The minimum atomic E-state index is -0.361. The largest absolute Gasteiger partial charge is 0.369 e. The molecule has 0 aliphatic carbocycles. The number of amides is 2. The minimum Gasteiger partial charge on any atom is -0.369 e. The Bertz CT molecular complexity index is 728. The average Bonchev–Trinajstić information content (AvgIpc) is 3.16. The maximum Gasteiger partial charge on any atom is 0.274 e. The number of hydrogen-bond donors (Lipinski definition) is 1. The zero-order chi connectivity index (χ0) is 15.7. The fraction of sp³-hybridized carbons (Fsp3) is 0.267. The maximum atomic E-state index is 12.4. The van der Waals surface area contributed by atoms with Crippen LogP contribution in [0.1, 0.15) is 16.9 Å². The van der Waals surface area contributed by atoms with Crippen LogP contribution < -0.4 is 5.73 Å². The third-order valence-electron chi connectivity index (χ3n) is 3.76. The Labute approximate surface area is 132 Å². The standard InChI is InChI=1S/C15H15ClN4O2/c16-11-2-1-3-12(8-11)20-7-5-13(18-20)15(22)19-6-4-10(9-19)14(17)21/h1-3,5,7-8,10H,4,6,9H2,(H2,17,21). The molecule has 114 valence electrons. The van der Waals surface area contributed by atoms with E-state index in [1.54, 1.807) is 34.0 Å². The number of nitrogens with zero attached hydrogens (tertiary/aromatic N) is 3. The summed E-state index contributed by atoms with van der Waals surface area (Å²) in [4.78, 5) is 25.2. The van der Waals surface area contributed by atoms with E-state index in [0.717, 1.165) is 5.69 Å². The first-order valence-corrected chi connectivity index (χ1v) is 7.32. The normalized spacial score (nSPS) is 17.7. The van der Waals surface area contributed by atoms with Gasteiger partial charge in [0.05, 0.1) is 11.6 Å². The first-order chi connectivity index (χ1) is 10.5. The first-order valence-electron chi connectivity index (χ1n) is 6.95. The molecule has 1 unspecified atom stereocenters. The summed E-state index contributed by atoms with van der Waals surface area (Å²) in [5.41, 5.74) is 6.40. The zero-order valence-electron chi connectivity index (χ0n) is 11.8. The van der Waals surface area contributed by atoms with Crippen molar-refractivity contribution < 1.29 is 9.59 Å². The van der Waals surface area contributed by atoms with Crippen LogP contribution in [0.15, 0.2) is 36.5 Å². The molecule has 2 heterocycles. The third-order valence-corrected chi connectivity index (χ3v) is 3.99. The Balaban J connectivity index is 1.77. The van der Waals surface area contributed by atoms with E-state index in [1.165, 1.54) is 0 Å². The number of halogens is 1. The molecule has 1 aliphatic heterocycles. The monoisotopic (exact) mass is 318 g/mol. The molecule has 22 heavy (non-hydrogen) atoms. The van der Waals surface area contributed by atoms with Crippen molar-refractivity contribution in [1.82, 2.24) is 14.7 Å². The van der Waals surface area contributed by atoms with E-state index >= 15 is 0 Å². The van der Waals surface area contributed by atoms with E-state index < -0.39 is 0 Å². The van der Waals surface area contributed by atoms with Gasteiger partial charge in [-0.1, -0.05) is 17.7 Å². The quantitative estimate of drug-likeness (QED) is 0.930. The molecular formula is C15H15ClN4O2. The fourth-order valence-electron chi connectivity index (χ4n) is 2.54. The van der Waals surface area contributed by atoms with Gasteiger partial charge >= 0.3 is 0 Å². The highest BCUT2D eigenvalue weighted by Gasteiger charge is 2.31. The summed E-state index contributed by atoms with van der Waals surface area (Å²) in [6.07, 6.45) is 2.32. The fourth-order valence-corrected chi connectivity index (χ4v) is 2.72. The molecule has 3 rings (SSSR count). The molecule has 1 aliphatic rings. The van der Waals surface area contributed by atoms with E-state index in [2.05, 4.69) is 5.10 Å². The number of nitrogens with two attached hydrogens (primary N) is 1. The van der Waals surface area contributed by atoms with Crippen LogP contribution in [0.4, 0.5) is 0 Å². The number of aromatic nitrogens is 2. The van der Waals surface area contributed by atoms with Crippen LogP contribution in [0.5, 0.6) is 0 Å². The van der Waals surface area contributed by atoms with Gasteiger partial charge in [0, 0.05) is 24.3 Å². The van der Waals surface area contributed by atoms with Crippen LogP contribution in [0, 0.1) is 5.92 Å². The SMILES string of the molecule is NC(=O)C1CCN(C(=O)c2ccn(-c3cccc(Cl)c3)n2)C1. The predicted octanol–water partition coefficient (Wildman–Crippen LogP) is 1.47. The number of benzene rings is 1. The number of carbonyl (C=O) groups excluding carboxylic acids is 2. The maximum absolute atomic E-state index is 12.4. The molecule has 0 bridgehead atoms. The van der Waals surface area contributed by atoms with Gasteiger partial charge in [-0.2, -0.15) is 5.10 Å². The van der Waals surface area contributed by atoms with Gasteiger partial charge in [0.15, 0.2) is 5.69 Å². The van der Waals surface area contributed by atoms with E-state index in [4.69, 9.17) is 17.3 Å². The van der Waals surface area contributed by atoms with Gasteiger partial charge in [0.2, 0.25) is 5.91 Å². The molecule has 7 heteroatoms. The van der Waals surface area contributed by atoms with Crippen molar-refractivity contribution in [3.8, 4) is 5.69 Å². The minimum absolute atomic E-state index is 0.190. The van der Waals surface area contributed by atoms with Crippen molar-refractivity contribution in [2.75, 3.05) is 13.1 Å². The Hall–Kier alpha value is -2.34. The van der Waals surface area contributed by atoms with Crippen molar-refractivity contribution >= 4 is 23.4 Å². The number of carbonyl (C=O) groups is 2. The molecule has 0 saturated carbocycles. The van der Waals surface area contributed by atoms with Crippen LogP contribution in [0.25, 0.3) is 5.69 Å². The lowest BCUT2D eigenvalue weighted by Gasteiger charge is -2.14. The topological polar surface area (TPSA) is 81.2 Å². The van der Waals surface area contributed by atoms with Crippen molar-refractivity contribution in [1.29, 1.82) is 0 Å². The van der Waals surface area contributed by atoms with Gasteiger partial charge in [-0.15, -0.1) is 0 Å². The van der Waals surface area contributed by atoms with Crippen molar-refractivity contribution in [2.45, 2.75) is 6.42 Å². The number of rotatable bonds is 3. The van der Waals surface area contributed by atoms with Crippen LogP contribution in [0.3, 0.4) is 0 Å². The number of hydrogen-bond acceptors (Lipinski definition) is 3. The van der Waals surface area contributed by atoms with Crippen LogP contribution >= 0.6 is 11.6 Å². The number of primary amides is 1. The summed E-state index contributed by atoms with van der Waals surface area (Å²) in [7, 11) is 0. The molecule has 2 N–H and O–H groups in total. The molecule has 1 saturated heterocycles. The lowest BCUT2D eigenvalue weighted by atomic mass is 10.1. The molecule has 0 spiro atoms. The smallest absolute Gasteiger partial charge is 0.274 e. The summed E-state index contributed by atoms with van der Waals surface area (Å²) in [5.74, 6) is -0.816. The van der Waals surface area contributed by atoms with Crippen molar-refractivity contribution in [2.24, 2.45) is 11.7 Å². The zero-order valence-corrected chi connectivity index (χ0v) is 12.5. The van der Waals surface area contributed by atoms with Gasteiger partial charge in [0.25, 0.3) is 5.91 Å². The molecule has 1 aromatic carbocycles. The van der Waals surface area contributed by atoms with Crippen LogP contribution in [-0.4, -0.2) is 39.6 Å². The van der Waals surface area contributed by atoms with E-state index in [1.807, 2.05) is 12.1 Å². The Morgan fingerprint density at radius 3 is 2.82 bits per heavy atom. The third kappa shape index (κ3) is 2.82. The molecule has 1 atom stereocenters. The lowest BCUT2D eigenvalue weighted by molar-refractivity contribution is -0.121. The lowest BCUT2D eigenvalue weighted by Crippen LogP contribution is -2.32. The summed E-state index contributed by atoms with van der Waals surface area (Å²) in [6, 6.07) is 8.86. The van der Waals surface area contributed by atoms with E-state index in [0.29, 0.717) is 30.2 Å². The Kier molecular flexibility index (Phi) is 3.85. The highest BCUT2D eigenvalue weighted by atomic mass is 35.5. The van der Waals surface area contributed by atoms with Crippen LogP contribution in [0.2, 0.25) is 5.02 Å². The average molecular weight is 319 g/mol. The second-order valence-corrected chi connectivity index (χ2v) is 5.70. The van der Waals surface area contributed by atoms with Gasteiger partial charge in [-0.3, -0.25) is 9.59 Å². The molecular weight excluding hydrogens is 304 g/mol. The van der Waals surface area contributed by atoms with Crippen molar-refractivity contribution in [3.63, 3.8) is 0 Å². The van der Waals surface area contributed by atoms with Gasteiger partial charge < -0.3 is 10.6 Å². The first kappa shape index (κ1) is 14.6. The molecule has 2 aromatic rings. The summed E-state index contributed by atoms with van der Waals surface area (Å²) in [5, 5.41) is 4.89. The molecule has 0 radical (unpaired) electrons. The molecule has 6 nitrogen and oxygen atoms in total. The number of likely N-dealkylation sites (tertiary alicyclic amines) is 1. The van der Waals surface area contributed by atoms with Gasteiger partial charge in [0.1, 0.15) is 0 Å². The highest BCUT2D eigenvalue weighted by Crippen LogP contribution is 2.19. The Morgan fingerprint density at radius 2 is 2.14 bits per heavy atom. The summed E-state index contributed by atoms with van der Waals surface area (Å²) < 4.78 is 1.60. The molecule has 1 fully saturated rings. The molecule has 1 aromatic heterocycles. The second kappa shape index (κ2) is 5.81. The van der Waals surface area contributed by atoms with E-state index in [9.17, 15) is 9.59 Å². The second-order valence-electron chi connectivity index (χ2n) is 5.26. The molecule has 2 amide bonds. The summed E-state index contributed by atoms with van der Waals surface area (Å²) >= 11 is 5.95. The van der Waals surface area contributed by atoms with Gasteiger partial charge in [-0.25, -0.2) is 4.68 Å². The van der Waals surface area contributed by atoms with Crippen molar-refractivity contribution in [3.05, 3.63) is 47.2 Å². The van der Waals surface area contributed by atoms with Gasteiger partial charge in [-0.05, 0) is 30.7 Å². The Morgan fingerprint density at radius 1 is 1.32 bits per heavy atom. The summed E-state index contributed by atoms with van der Waals surface area (Å²) in [6.45, 7) is 0.884. The van der Waals surface area contributed by atoms with E-state index in [-0.39, 0.29) is 17.7 Å². The predicted molar refractivity (Wildman–Crippen MR) is 81.8 cm³/mol. The highest BCUT2D eigenvalue weighted by molar-refractivity contribution is 6.30.